The van der Waals surface area contributed by atoms with Gasteiger partial charge in [0.2, 0.25) is 5.91 Å². The fourth-order valence-corrected chi connectivity index (χ4v) is 3.83. The molecular weight excluding hydrogens is 394 g/mol. The van der Waals surface area contributed by atoms with Gasteiger partial charge in [0.05, 0.1) is 6.42 Å². The summed E-state index contributed by atoms with van der Waals surface area (Å²) in [5.41, 5.74) is 0. The molecule has 182 valence electrons. The van der Waals surface area contributed by atoms with E-state index in [1.165, 1.54) is 96.3 Å². The predicted octanol–water partition coefficient (Wildman–Crippen LogP) is 6.46. The molecule has 0 rings (SSSR count). The first-order valence-corrected chi connectivity index (χ1v) is 12.7. The number of hydrogen-bond acceptors (Lipinski definition) is 3. The maximum Gasteiger partial charge on any atom is 0.326 e. The van der Waals surface area contributed by atoms with Gasteiger partial charge in [-0.2, -0.15) is 0 Å². The van der Waals surface area contributed by atoms with Crippen LogP contribution >= 0.6 is 0 Å². The van der Waals surface area contributed by atoms with Gasteiger partial charge in [0, 0.05) is 6.42 Å². The monoisotopic (exact) mass is 441 g/mol. The minimum atomic E-state index is -1.35. The Hall–Kier alpha value is -1.59. The standard InChI is InChI=1S/C25H47NO5/c1-2-3-4-5-6-7-8-9-10-11-12-13-14-15-16-17-18-19-20-23(27)26-22(25(30)31)21-24(28)29/h22H,2-21H2,1H3,(H,26,27)(H,28,29)(H,30,31)/t22-/m0/s1. The molecule has 1 atom stereocenters. The zero-order valence-electron chi connectivity index (χ0n) is 19.8. The fourth-order valence-electron chi connectivity index (χ4n) is 3.83. The molecule has 6 heteroatoms. The van der Waals surface area contributed by atoms with E-state index in [2.05, 4.69) is 12.2 Å². The van der Waals surface area contributed by atoms with Crippen molar-refractivity contribution in [2.75, 3.05) is 0 Å². The van der Waals surface area contributed by atoms with E-state index in [4.69, 9.17) is 10.2 Å². The average Bonchev–Trinajstić information content (AvgIpc) is 2.72. The lowest BCUT2D eigenvalue weighted by molar-refractivity contribution is -0.147. The summed E-state index contributed by atoms with van der Waals surface area (Å²) < 4.78 is 0. The fraction of sp³-hybridized carbons (Fsp3) is 0.880. The van der Waals surface area contributed by atoms with E-state index in [-0.39, 0.29) is 12.3 Å². The van der Waals surface area contributed by atoms with Crippen molar-refractivity contribution in [3.63, 3.8) is 0 Å². The van der Waals surface area contributed by atoms with Crippen LogP contribution in [0.3, 0.4) is 0 Å². The molecule has 0 fully saturated rings. The summed E-state index contributed by atoms with van der Waals surface area (Å²) >= 11 is 0. The van der Waals surface area contributed by atoms with Crippen LogP contribution in [0.15, 0.2) is 0 Å². The van der Waals surface area contributed by atoms with Crippen LogP contribution in [-0.2, 0) is 14.4 Å². The summed E-state index contributed by atoms with van der Waals surface area (Å²) in [6, 6.07) is -1.35. The van der Waals surface area contributed by atoms with Gasteiger partial charge in [0.1, 0.15) is 6.04 Å². The number of carboxylic acid groups (broad SMARTS) is 2. The van der Waals surface area contributed by atoms with E-state index in [1.54, 1.807) is 0 Å². The molecule has 0 unspecified atom stereocenters. The molecule has 0 aliphatic heterocycles. The molecule has 31 heavy (non-hydrogen) atoms. The van der Waals surface area contributed by atoms with E-state index in [1.807, 2.05) is 0 Å². The highest BCUT2D eigenvalue weighted by Gasteiger charge is 2.22. The summed E-state index contributed by atoms with van der Waals surface area (Å²) in [6.07, 6.45) is 22.7. The molecule has 6 nitrogen and oxygen atoms in total. The summed E-state index contributed by atoms with van der Waals surface area (Å²) in [6.45, 7) is 2.26. The largest absolute Gasteiger partial charge is 0.481 e. The maximum atomic E-state index is 11.7. The molecule has 0 heterocycles. The Bertz CT molecular complexity index is 467. The molecular formula is C25H47NO5. The van der Waals surface area contributed by atoms with E-state index >= 15 is 0 Å². The van der Waals surface area contributed by atoms with Crippen LogP contribution in [-0.4, -0.2) is 34.1 Å². The van der Waals surface area contributed by atoms with Crippen molar-refractivity contribution in [2.45, 2.75) is 141 Å². The van der Waals surface area contributed by atoms with E-state index in [9.17, 15) is 14.4 Å². The zero-order chi connectivity index (χ0) is 23.2. The predicted molar refractivity (Wildman–Crippen MR) is 125 cm³/mol. The first-order chi connectivity index (χ1) is 15.0. The summed E-state index contributed by atoms with van der Waals surface area (Å²) in [5.74, 6) is -2.93. The molecule has 0 saturated carbocycles. The zero-order valence-corrected chi connectivity index (χ0v) is 19.8. The molecule has 0 radical (unpaired) electrons. The van der Waals surface area contributed by atoms with Gasteiger partial charge in [-0.25, -0.2) is 4.79 Å². The Balaban J connectivity index is 3.35. The van der Waals surface area contributed by atoms with Gasteiger partial charge in [-0.1, -0.05) is 116 Å². The molecule has 0 aromatic rings. The number of rotatable bonds is 23. The summed E-state index contributed by atoms with van der Waals surface area (Å²) in [7, 11) is 0. The van der Waals surface area contributed by atoms with Crippen molar-refractivity contribution in [1.29, 1.82) is 0 Å². The molecule has 0 spiro atoms. The van der Waals surface area contributed by atoms with Crippen LogP contribution < -0.4 is 5.32 Å². The molecule has 0 bridgehead atoms. The average molecular weight is 442 g/mol. The van der Waals surface area contributed by atoms with E-state index in [0.29, 0.717) is 6.42 Å². The number of unbranched alkanes of at least 4 members (excludes halogenated alkanes) is 17. The normalized spacial score (nSPS) is 11.9. The Morgan fingerprint density at radius 2 is 0.968 bits per heavy atom. The van der Waals surface area contributed by atoms with Crippen LogP contribution in [0.1, 0.15) is 135 Å². The van der Waals surface area contributed by atoms with Gasteiger partial charge in [-0.3, -0.25) is 9.59 Å². The summed E-state index contributed by atoms with van der Waals surface area (Å²) in [4.78, 5) is 33.3. The molecule has 1 amide bonds. The van der Waals surface area contributed by atoms with Gasteiger partial charge in [-0.05, 0) is 6.42 Å². The Morgan fingerprint density at radius 3 is 1.29 bits per heavy atom. The number of carbonyl (C=O) groups excluding carboxylic acids is 1. The van der Waals surface area contributed by atoms with Crippen LogP contribution in [0.4, 0.5) is 0 Å². The van der Waals surface area contributed by atoms with E-state index < -0.39 is 24.4 Å². The maximum absolute atomic E-state index is 11.7. The van der Waals surface area contributed by atoms with E-state index in [0.717, 1.165) is 12.8 Å². The van der Waals surface area contributed by atoms with Gasteiger partial charge in [0.25, 0.3) is 0 Å². The van der Waals surface area contributed by atoms with Crippen LogP contribution in [0.5, 0.6) is 0 Å². The first kappa shape index (κ1) is 29.4. The van der Waals surface area contributed by atoms with Crippen molar-refractivity contribution in [2.24, 2.45) is 0 Å². The van der Waals surface area contributed by atoms with Crippen molar-refractivity contribution in [1.82, 2.24) is 5.32 Å². The Labute approximate surface area is 189 Å². The third-order valence-electron chi connectivity index (χ3n) is 5.77. The third kappa shape index (κ3) is 21.4. The van der Waals surface area contributed by atoms with Gasteiger partial charge < -0.3 is 15.5 Å². The van der Waals surface area contributed by atoms with Crippen molar-refractivity contribution in [3.8, 4) is 0 Å². The smallest absolute Gasteiger partial charge is 0.326 e. The quantitative estimate of drug-likeness (QED) is 0.158. The highest BCUT2D eigenvalue weighted by atomic mass is 16.4. The highest BCUT2D eigenvalue weighted by molar-refractivity contribution is 5.86. The number of aliphatic carboxylic acids is 2. The summed E-state index contributed by atoms with van der Waals surface area (Å²) in [5, 5.41) is 19.9. The number of nitrogens with one attached hydrogen (secondary N) is 1. The minimum absolute atomic E-state index is 0.252. The van der Waals surface area contributed by atoms with Gasteiger partial charge in [-0.15, -0.1) is 0 Å². The molecule has 0 aromatic heterocycles. The molecule has 0 aliphatic carbocycles. The molecule has 0 aromatic carbocycles. The molecule has 3 N–H and O–H groups in total. The highest BCUT2D eigenvalue weighted by Crippen LogP contribution is 2.14. The van der Waals surface area contributed by atoms with Crippen LogP contribution in [0.25, 0.3) is 0 Å². The number of carbonyl (C=O) groups is 3. The molecule has 0 saturated heterocycles. The van der Waals surface area contributed by atoms with Gasteiger partial charge >= 0.3 is 11.9 Å². The molecule has 0 aliphatic rings. The lowest BCUT2D eigenvalue weighted by atomic mass is 10.0. The Kier molecular flexibility index (Phi) is 20.5. The Morgan fingerprint density at radius 1 is 0.613 bits per heavy atom. The SMILES string of the molecule is CCCCCCCCCCCCCCCCCCCCC(=O)N[C@@H](CC(=O)O)C(=O)O. The lowest BCUT2D eigenvalue weighted by Gasteiger charge is -2.12. The lowest BCUT2D eigenvalue weighted by Crippen LogP contribution is -2.42. The second-order valence-electron chi connectivity index (χ2n) is 8.82. The number of carboxylic acids is 2. The van der Waals surface area contributed by atoms with Crippen molar-refractivity contribution >= 4 is 17.8 Å². The number of hydrogen-bond donors (Lipinski definition) is 3. The van der Waals surface area contributed by atoms with Crippen LogP contribution in [0, 0.1) is 0 Å². The number of amides is 1. The topological polar surface area (TPSA) is 104 Å². The second kappa shape index (κ2) is 21.6. The van der Waals surface area contributed by atoms with Gasteiger partial charge in [0.15, 0.2) is 0 Å². The van der Waals surface area contributed by atoms with Crippen LogP contribution in [0.2, 0.25) is 0 Å². The van der Waals surface area contributed by atoms with Crippen molar-refractivity contribution in [3.05, 3.63) is 0 Å². The third-order valence-corrected chi connectivity index (χ3v) is 5.77. The van der Waals surface area contributed by atoms with Crippen molar-refractivity contribution < 1.29 is 24.6 Å². The minimum Gasteiger partial charge on any atom is -0.481 e. The second-order valence-corrected chi connectivity index (χ2v) is 8.82. The first-order valence-electron chi connectivity index (χ1n) is 12.7.